The molecule has 1 aromatic rings. The average Bonchev–Trinajstić information content (AvgIpc) is 2.30. The minimum Gasteiger partial charge on any atom is -0.298 e. The molecule has 1 aromatic carbocycles. The summed E-state index contributed by atoms with van der Waals surface area (Å²) in [6, 6.07) is 4.32. The van der Waals surface area contributed by atoms with Crippen molar-refractivity contribution in [3.05, 3.63) is 34.4 Å². The van der Waals surface area contributed by atoms with E-state index in [1.807, 2.05) is 0 Å². The second-order valence-electron chi connectivity index (χ2n) is 5.05. The van der Waals surface area contributed by atoms with Crippen LogP contribution in [0.25, 0.3) is 0 Å². The molecule has 0 aromatic heterocycles. The number of rotatable bonds is 6. The molecule has 0 saturated heterocycles. The predicted molar refractivity (Wildman–Crippen MR) is 77.2 cm³/mol. The van der Waals surface area contributed by atoms with Crippen LogP contribution in [-0.4, -0.2) is 30.3 Å². The minimum absolute atomic E-state index is 0.314. The smallest absolute Gasteiger partial charge is 0.151 e. The maximum absolute atomic E-state index is 12.1. The molecule has 2 heteroatoms. The number of hydrogen-bond acceptors (Lipinski definition) is 2. The van der Waals surface area contributed by atoms with Gasteiger partial charge >= 0.3 is 0 Å². The van der Waals surface area contributed by atoms with Gasteiger partial charge in [-0.05, 0) is 50.6 Å². The van der Waals surface area contributed by atoms with Gasteiger partial charge in [-0.15, -0.1) is 0 Å². The maximum atomic E-state index is 12.1. The highest BCUT2D eigenvalue weighted by molar-refractivity contribution is 5.83. The first kappa shape index (κ1) is 14.9. The standard InChI is InChI=1S/C16H25NO/c1-6-17(7-2)11-15(18)10-16-13(4)8-12(3)9-14(16)5/h8-9H,6-7,10-11H2,1-5H3. The number of carbonyl (C=O) groups is 1. The van der Waals surface area contributed by atoms with Crippen LogP contribution in [0.2, 0.25) is 0 Å². The van der Waals surface area contributed by atoms with Gasteiger partial charge in [-0.1, -0.05) is 31.5 Å². The predicted octanol–water partition coefficient (Wildman–Crippen LogP) is 3.07. The summed E-state index contributed by atoms with van der Waals surface area (Å²) in [6.07, 6.45) is 0.564. The van der Waals surface area contributed by atoms with Crippen LogP contribution in [-0.2, 0) is 11.2 Å². The molecule has 0 N–H and O–H groups in total. The van der Waals surface area contributed by atoms with Crippen molar-refractivity contribution < 1.29 is 4.79 Å². The van der Waals surface area contributed by atoms with Gasteiger partial charge in [0.25, 0.3) is 0 Å². The Hall–Kier alpha value is -1.15. The Kier molecular flexibility index (Phi) is 5.54. The first-order chi connectivity index (χ1) is 8.47. The van der Waals surface area contributed by atoms with Crippen LogP contribution in [0, 0.1) is 20.8 Å². The quantitative estimate of drug-likeness (QED) is 0.770. The third-order valence-electron chi connectivity index (χ3n) is 3.51. The fraction of sp³-hybridized carbons (Fsp3) is 0.562. The number of hydrogen-bond donors (Lipinski definition) is 0. The maximum Gasteiger partial charge on any atom is 0.151 e. The molecule has 0 amide bonds. The zero-order chi connectivity index (χ0) is 13.7. The molecule has 0 aliphatic rings. The number of nitrogens with zero attached hydrogens (tertiary/aromatic N) is 1. The molecule has 0 atom stereocenters. The molecular formula is C16H25NO. The van der Waals surface area contributed by atoms with Crippen molar-refractivity contribution in [2.45, 2.75) is 41.0 Å². The fourth-order valence-corrected chi connectivity index (χ4v) is 2.44. The molecule has 0 spiro atoms. The lowest BCUT2D eigenvalue weighted by Crippen LogP contribution is -2.30. The molecule has 18 heavy (non-hydrogen) atoms. The molecule has 0 heterocycles. The second-order valence-corrected chi connectivity index (χ2v) is 5.05. The van der Waals surface area contributed by atoms with Gasteiger partial charge < -0.3 is 0 Å². The Bertz CT molecular complexity index is 396. The van der Waals surface area contributed by atoms with E-state index >= 15 is 0 Å². The normalized spacial score (nSPS) is 11.0. The van der Waals surface area contributed by atoms with E-state index in [1.54, 1.807) is 0 Å². The van der Waals surface area contributed by atoms with Gasteiger partial charge in [0.05, 0.1) is 6.54 Å². The summed E-state index contributed by atoms with van der Waals surface area (Å²) in [5.74, 6) is 0.314. The zero-order valence-electron chi connectivity index (χ0n) is 12.3. The monoisotopic (exact) mass is 247 g/mol. The molecule has 0 aliphatic heterocycles. The van der Waals surface area contributed by atoms with E-state index in [1.165, 1.54) is 22.3 Å². The number of benzene rings is 1. The van der Waals surface area contributed by atoms with Gasteiger partial charge in [0, 0.05) is 6.42 Å². The van der Waals surface area contributed by atoms with Crippen LogP contribution in [0.15, 0.2) is 12.1 Å². The molecule has 0 fully saturated rings. The highest BCUT2D eigenvalue weighted by Crippen LogP contribution is 2.17. The Morgan fingerprint density at radius 2 is 1.56 bits per heavy atom. The topological polar surface area (TPSA) is 20.3 Å². The molecular weight excluding hydrogens is 222 g/mol. The Labute approximate surface area is 111 Å². The average molecular weight is 247 g/mol. The lowest BCUT2D eigenvalue weighted by molar-refractivity contribution is -0.119. The van der Waals surface area contributed by atoms with Gasteiger partial charge in [-0.3, -0.25) is 9.69 Å². The van der Waals surface area contributed by atoms with Crippen molar-refractivity contribution in [3.63, 3.8) is 0 Å². The Morgan fingerprint density at radius 3 is 2.00 bits per heavy atom. The third-order valence-corrected chi connectivity index (χ3v) is 3.51. The Morgan fingerprint density at radius 1 is 1.06 bits per heavy atom. The molecule has 0 bridgehead atoms. The van der Waals surface area contributed by atoms with Crippen LogP contribution >= 0.6 is 0 Å². The van der Waals surface area contributed by atoms with Crippen LogP contribution in [0.4, 0.5) is 0 Å². The lowest BCUT2D eigenvalue weighted by atomic mass is 9.96. The third kappa shape index (κ3) is 3.95. The highest BCUT2D eigenvalue weighted by Gasteiger charge is 2.11. The van der Waals surface area contributed by atoms with Crippen molar-refractivity contribution >= 4 is 5.78 Å². The van der Waals surface area contributed by atoms with E-state index < -0.39 is 0 Å². The zero-order valence-corrected chi connectivity index (χ0v) is 12.3. The first-order valence-corrected chi connectivity index (χ1v) is 6.78. The van der Waals surface area contributed by atoms with Crippen molar-refractivity contribution in [1.82, 2.24) is 4.90 Å². The van der Waals surface area contributed by atoms with Gasteiger partial charge in [-0.2, -0.15) is 0 Å². The van der Waals surface area contributed by atoms with Gasteiger partial charge in [0.2, 0.25) is 0 Å². The number of ketones is 1. The second kappa shape index (κ2) is 6.69. The van der Waals surface area contributed by atoms with Crippen molar-refractivity contribution in [2.75, 3.05) is 19.6 Å². The summed E-state index contributed by atoms with van der Waals surface area (Å²) >= 11 is 0. The first-order valence-electron chi connectivity index (χ1n) is 6.78. The summed E-state index contributed by atoms with van der Waals surface area (Å²) in [4.78, 5) is 14.3. The molecule has 0 aliphatic carbocycles. The number of Topliss-reactive ketones (excluding diaryl/α,β-unsaturated/α-hetero) is 1. The summed E-state index contributed by atoms with van der Waals surface area (Å²) in [5.41, 5.74) is 4.95. The molecule has 2 nitrogen and oxygen atoms in total. The lowest BCUT2D eigenvalue weighted by Gasteiger charge is -2.18. The van der Waals surface area contributed by atoms with Crippen LogP contribution in [0.1, 0.15) is 36.1 Å². The van der Waals surface area contributed by atoms with Crippen LogP contribution in [0.5, 0.6) is 0 Å². The van der Waals surface area contributed by atoms with Gasteiger partial charge in [0.1, 0.15) is 0 Å². The molecule has 0 radical (unpaired) electrons. The van der Waals surface area contributed by atoms with E-state index in [-0.39, 0.29) is 0 Å². The number of likely N-dealkylation sites (N-methyl/N-ethyl adjacent to an activating group) is 1. The summed E-state index contributed by atoms with van der Waals surface area (Å²) in [7, 11) is 0. The van der Waals surface area contributed by atoms with E-state index in [0.717, 1.165) is 13.1 Å². The van der Waals surface area contributed by atoms with E-state index in [9.17, 15) is 4.79 Å². The number of carbonyl (C=O) groups excluding carboxylic acids is 1. The molecule has 0 unspecified atom stereocenters. The van der Waals surface area contributed by atoms with E-state index in [0.29, 0.717) is 18.7 Å². The van der Waals surface area contributed by atoms with Crippen LogP contribution in [0.3, 0.4) is 0 Å². The van der Waals surface area contributed by atoms with Gasteiger partial charge in [0.15, 0.2) is 5.78 Å². The molecule has 1 rings (SSSR count). The number of aryl methyl sites for hydroxylation is 3. The Balaban J connectivity index is 2.76. The van der Waals surface area contributed by atoms with E-state index in [4.69, 9.17) is 0 Å². The van der Waals surface area contributed by atoms with E-state index in [2.05, 4.69) is 51.7 Å². The van der Waals surface area contributed by atoms with Crippen molar-refractivity contribution in [2.24, 2.45) is 0 Å². The molecule has 0 saturated carbocycles. The molecule has 100 valence electrons. The summed E-state index contributed by atoms with van der Waals surface area (Å²) in [6.45, 7) is 12.9. The van der Waals surface area contributed by atoms with Crippen molar-refractivity contribution in [3.8, 4) is 0 Å². The fourth-order valence-electron chi connectivity index (χ4n) is 2.44. The summed E-state index contributed by atoms with van der Waals surface area (Å²) in [5, 5.41) is 0. The SMILES string of the molecule is CCN(CC)CC(=O)Cc1c(C)cc(C)cc1C. The van der Waals surface area contributed by atoms with Crippen molar-refractivity contribution in [1.29, 1.82) is 0 Å². The minimum atomic E-state index is 0.314. The largest absolute Gasteiger partial charge is 0.298 e. The summed E-state index contributed by atoms with van der Waals surface area (Å²) < 4.78 is 0. The van der Waals surface area contributed by atoms with Gasteiger partial charge in [-0.25, -0.2) is 0 Å². The van der Waals surface area contributed by atoms with Crippen LogP contribution < -0.4 is 0 Å². The highest BCUT2D eigenvalue weighted by atomic mass is 16.1.